The number of hydrogen-bond acceptors (Lipinski definition) is 4. The zero-order valence-corrected chi connectivity index (χ0v) is 20.3. The molecule has 3 rings (SSSR count). The minimum atomic E-state index is -0.231. The first-order valence-electron chi connectivity index (χ1n) is 12.2. The summed E-state index contributed by atoms with van der Waals surface area (Å²) in [4.78, 5) is 8.61. The van der Waals surface area contributed by atoms with Gasteiger partial charge in [0, 0.05) is 23.8 Å². The van der Waals surface area contributed by atoms with Crippen LogP contribution in [0.3, 0.4) is 0 Å². The van der Waals surface area contributed by atoms with Gasteiger partial charge in [-0.05, 0) is 61.9 Å². The second kappa shape index (κ2) is 13.6. The zero-order chi connectivity index (χ0) is 24.2. The highest BCUT2D eigenvalue weighted by Crippen LogP contribution is 2.26. The Morgan fingerprint density at radius 3 is 2.71 bits per heavy atom. The number of halogens is 1. The van der Waals surface area contributed by atoms with E-state index >= 15 is 0 Å². The maximum atomic E-state index is 14.7. The number of rotatable bonds is 14. The molecule has 34 heavy (non-hydrogen) atoms. The minimum Gasteiger partial charge on any atom is -0.459 e. The average molecular weight is 463 g/mol. The van der Waals surface area contributed by atoms with Crippen LogP contribution in [-0.4, -0.2) is 29.3 Å². The van der Waals surface area contributed by atoms with Crippen LogP contribution in [0.5, 0.6) is 6.01 Å². The van der Waals surface area contributed by atoms with E-state index < -0.39 is 0 Å². The number of nitrogens with zero attached hydrogens (tertiary/aromatic N) is 2. The van der Waals surface area contributed by atoms with Crippen molar-refractivity contribution in [2.45, 2.75) is 58.5 Å². The van der Waals surface area contributed by atoms with Gasteiger partial charge in [-0.1, -0.05) is 62.8 Å². The van der Waals surface area contributed by atoms with Gasteiger partial charge in [0.15, 0.2) is 0 Å². The summed E-state index contributed by atoms with van der Waals surface area (Å²) in [5, 5.41) is 0.872. The third kappa shape index (κ3) is 7.77. The summed E-state index contributed by atoms with van der Waals surface area (Å²) >= 11 is 0. The lowest BCUT2D eigenvalue weighted by Crippen LogP contribution is -2.08. The van der Waals surface area contributed by atoms with Crippen LogP contribution >= 0.6 is 0 Å². The number of hydrogen-bond donors (Lipinski definition) is 0. The molecule has 2 aromatic carbocycles. The lowest BCUT2D eigenvalue weighted by atomic mass is 10.0. The summed E-state index contributed by atoms with van der Waals surface area (Å²) in [6, 6.07) is 11.5. The molecule has 1 atom stereocenters. The van der Waals surface area contributed by atoms with E-state index in [0.717, 1.165) is 54.3 Å². The van der Waals surface area contributed by atoms with Crippen molar-refractivity contribution < 1.29 is 13.9 Å². The van der Waals surface area contributed by atoms with E-state index in [4.69, 9.17) is 9.47 Å². The van der Waals surface area contributed by atoms with Crippen LogP contribution in [0.25, 0.3) is 28.1 Å². The van der Waals surface area contributed by atoms with Crippen LogP contribution < -0.4 is 4.74 Å². The van der Waals surface area contributed by atoms with Gasteiger partial charge in [-0.15, -0.1) is 0 Å². The first kappa shape index (κ1) is 25.6. The predicted octanol–water partition coefficient (Wildman–Crippen LogP) is 7.78. The van der Waals surface area contributed by atoms with Gasteiger partial charge in [0.1, 0.15) is 12.4 Å². The Hall–Kier alpha value is -3.05. The summed E-state index contributed by atoms with van der Waals surface area (Å²) in [6.07, 6.45) is 14.1. The molecule has 1 aromatic heterocycles. The topological polar surface area (TPSA) is 44.2 Å². The number of unbranched alkanes of at least 4 members (excludes halogenated alkanes) is 3. The maximum absolute atomic E-state index is 14.7. The highest BCUT2D eigenvalue weighted by atomic mass is 19.1. The summed E-state index contributed by atoms with van der Waals surface area (Å²) < 4.78 is 26.0. The average Bonchev–Trinajstić information content (AvgIpc) is 2.85. The molecule has 0 radical (unpaired) electrons. The molecule has 0 spiro atoms. The Bertz CT molecular complexity index is 1100. The molecule has 1 heterocycles. The fraction of sp³-hybridized carbons (Fsp3) is 0.379. The van der Waals surface area contributed by atoms with Crippen LogP contribution in [0.4, 0.5) is 4.39 Å². The van der Waals surface area contributed by atoms with E-state index in [1.54, 1.807) is 18.3 Å². The van der Waals surface area contributed by atoms with Crippen molar-refractivity contribution in [3.05, 3.63) is 72.7 Å². The summed E-state index contributed by atoms with van der Waals surface area (Å²) in [5.41, 5.74) is 3.11. The summed E-state index contributed by atoms with van der Waals surface area (Å²) in [6.45, 7) is 9.15. The standard InChI is InChI=1S/C29H35FN2O2/c1-4-6-10-18-33-22(3)11-8-7-9-12-23-13-14-25(20-27(23)30)24-15-16-28-26(19-24)21-31-29(32-28)34-17-5-2/h5,9,12-16,19-22H,2,4,6-8,10-11,17-18H2,1,3H3/b12-9+. The van der Waals surface area contributed by atoms with Crippen molar-refractivity contribution in [2.75, 3.05) is 13.2 Å². The molecule has 0 bridgehead atoms. The molecule has 0 amide bonds. The smallest absolute Gasteiger partial charge is 0.317 e. The number of benzene rings is 2. The van der Waals surface area contributed by atoms with Gasteiger partial charge in [0.2, 0.25) is 0 Å². The Morgan fingerprint density at radius 2 is 1.91 bits per heavy atom. The van der Waals surface area contributed by atoms with E-state index in [-0.39, 0.29) is 11.9 Å². The molecule has 0 saturated carbocycles. The van der Waals surface area contributed by atoms with E-state index in [9.17, 15) is 4.39 Å². The molecule has 4 nitrogen and oxygen atoms in total. The highest BCUT2D eigenvalue weighted by molar-refractivity contribution is 5.84. The Morgan fingerprint density at radius 1 is 1.09 bits per heavy atom. The normalized spacial score (nSPS) is 12.3. The van der Waals surface area contributed by atoms with Gasteiger partial charge in [0.05, 0.1) is 11.6 Å². The molecule has 3 aromatic rings. The van der Waals surface area contributed by atoms with Crippen molar-refractivity contribution in [3.8, 4) is 17.1 Å². The number of aromatic nitrogens is 2. The van der Waals surface area contributed by atoms with Gasteiger partial charge in [-0.3, -0.25) is 0 Å². The Labute approximate surface area is 202 Å². The molecular formula is C29H35FN2O2. The van der Waals surface area contributed by atoms with Crippen LogP contribution in [0.15, 0.2) is 61.3 Å². The van der Waals surface area contributed by atoms with Gasteiger partial charge in [0.25, 0.3) is 0 Å². The monoisotopic (exact) mass is 462 g/mol. The first-order valence-corrected chi connectivity index (χ1v) is 12.2. The van der Waals surface area contributed by atoms with E-state index in [1.807, 2.05) is 42.5 Å². The maximum Gasteiger partial charge on any atom is 0.317 e. The van der Waals surface area contributed by atoms with Gasteiger partial charge in [-0.2, -0.15) is 4.98 Å². The lowest BCUT2D eigenvalue weighted by molar-refractivity contribution is 0.0566. The minimum absolute atomic E-state index is 0.231. The second-order valence-corrected chi connectivity index (χ2v) is 8.48. The fourth-order valence-electron chi connectivity index (χ4n) is 3.69. The van der Waals surface area contributed by atoms with Gasteiger partial charge < -0.3 is 9.47 Å². The molecule has 0 aliphatic rings. The first-order chi connectivity index (χ1) is 16.6. The van der Waals surface area contributed by atoms with Crippen molar-refractivity contribution >= 4 is 17.0 Å². The van der Waals surface area contributed by atoms with Crippen LogP contribution in [-0.2, 0) is 4.74 Å². The zero-order valence-electron chi connectivity index (χ0n) is 20.3. The van der Waals surface area contributed by atoms with Crippen molar-refractivity contribution in [1.29, 1.82) is 0 Å². The fourth-order valence-corrected chi connectivity index (χ4v) is 3.69. The van der Waals surface area contributed by atoms with Crippen LogP contribution in [0.2, 0.25) is 0 Å². The molecule has 0 N–H and O–H groups in total. The third-order valence-corrected chi connectivity index (χ3v) is 5.65. The molecule has 5 heteroatoms. The van der Waals surface area contributed by atoms with Crippen molar-refractivity contribution in [1.82, 2.24) is 9.97 Å². The summed E-state index contributed by atoms with van der Waals surface area (Å²) in [5.74, 6) is -0.231. The predicted molar refractivity (Wildman–Crippen MR) is 138 cm³/mol. The Balaban J connectivity index is 1.55. The SMILES string of the molecule is C=CCOc1ncc2cc(-c3ccc(/C=C/CCCC(C)OCCCCC)c(F)c3)ccc2n1. The molecule has 0 saturated heterocycles. The molecule has 0 aliphatic carbocycles. The summed E-state index contributed by atoms with van der Waals surface area (Å²) in [7, 11) is 0. The van der Waals surface area contributed by atoms with Crippen molar-refractivity contribution in [3.63, 3.8) is 0 Å². The molecule has 0 fully saturated rings. The number of fused-ring (bicyclic) bond motifs is 1. The second-order valence-electron chi connectivity index (χ2n) is 8.48. The molecule has 0 aliphatic heterocycles. The van der Waals surface area contributed by atoms with Gasteiger partial charge in [-0.25, -0.2) is 9.37 Å². The van der Waals surface area contributed by atoms with E-state index in [0.29, 0.717) is 18.2 Å². The molecule has 180 valence electrons. The van der Waals surface area contributed by atoms with Crippen LogP contribution in [0.1, 0.15) is 57.9 Å². The van der Waals surface area contributed by atoms with Crippen LogP contribution in [0, 0.1) is 5.82 Å². The largest absolute Gasteiger partial charge is 0.459 e. The van der Waals surface area contributed by atoms with E-state index in [2.05, 4.69) is 30.4 Å². The molecule has 1 unspecified atom stereocenters. The Kier molecular flexibility index (Phi) is 10.2. The van der Waals surface area contributed by atoms with E-state index in [1.165, 1.54) is 12.8 Å². The number of ether oxygens (including phenoxy) is 2. The lowest BCUT2D eigenvalue weighted by Gasteiger charge is -2.12. The van der Waals surface area contributed by atoms with Crippen molar-refractivity contribution in [2.24, 2.45) is 0 Å². The van der Waals surface area contributed by atoms with Gasteiger partial charge >= 0.3 is 6.01 Å². The quantitative estimate of drug-likeness (QED) is 0.181. The number of allylic oxidation sites excluding steroid dienone is 1. The third-order valence-electron chi connectivity index (χ3n) is 5.65. The molecular weight excluding hydrogens is 427 g/mol. The highest BCUT2D eigenvalue weighted by Gasteiger charge is 2.07.